The van der Waals surface area contributed by atoms with Crippen molar-refractivity contribution < 1.29 is 4.39 Å². The molecule has 0 radical (unpaired) electrons. The molecular weight excluding hydrogens is 215 g/mol. The minimum atomic E-state index is -0.186. The highest BCUT2D eigenvalue weighted by Gasteiger charge is 2.11. The van der Waals surface area contributed by atoms with E-state index in [1.54, 1.807) is 12.1 Å². The first-order valence-electron chi connectivity index (χ1n) is 6.26. The van der Waals surface area contributed by atoms with Crippen LogP contribution in [-0.4, -0.2) is 18.0 Å². The third kappa shape index (κ3) is 4.10. The molecule has 0 bridgehead atoms. The van der Waals surface area contributed by atoms with E-state index in [1.807, 2.05) is 0 Å². The van der Waals surface area contributed by atoms with Crippen LogP contribution in [0.1, 0.15) is 37.8 Å². The Morgan fingerprint density at radius 2 is 2.06 bits per heavy atom. The number of nitrogens with two attached hydrogens (primary N) is 1. The topological polar surface area (TPSA) is 29.3 Å². The van der Waals surface area contributed by atoms with E-state index in [0.29, 0.717) is 12.6 Å². The molecule has 0 fully saturated rings. The second-order valence-corrected chi connectivity index (χ2v) is 4.67. The third-order valence-electron chi connectivity index (χ3n) is 3.27. The van der Waals surface area contributed by atoms with Crippen LogP contribution in [0.2, 0.25) is 0 Å². The summed E-state index contributed by atoms with van der Waals surface area (Å²) in [6.07, 6.45) is 2.32. The molecule has 0 aliphatic heterocycles. The predicted molar refractivity (Wildman–Crippen MR) is 70.1 cm³/mol. The number of benzene rings is 1. The van der Waals surface area contributed by atoms with Crippen molar-refractivity contribution in [2.24, 2.45) is 5.73 Å². The van der Waals surface area contributed by atoms with Gasteiger partial charge in [-0.05, 0) is 43.7 Å². The fourth-order valence-corrected chi connectivity index (χ4v) is 2.00. The van der Waals surface area contributed by atoms with Crippen molar-refractivity contribution in [1.82, 2.24) is 4.90 Å². The van der Waals surface area contributed by atoms with E-state index in [9.17, 15) is 4.39 Å². The molecular formula is C14H23FN2. The Morgan fingerprint density at radius 3 is 2.65 bits per heavy atom. The average Bonchev–Trinajstić information content (AvgIpc) is 2.29. The second-order valence-electron chi connectivity index (χ2n) is 4.67. The minimum absolute atomic E-state index is 0.186. The Bertz CT molecular complexity index is 352. The molecule has 0 aliphatic carbocycles. The van der Waals surface area contributed by atoms with Gasteiger partial charge in [-0.3, -0.25) is 4.90 Å². The maximum atomic E-state index is 13.2. The summed E-state index contributed by atoms with van der Waals surface area (Å²) in [5.41, 5.74) is 7.70. The first-order valence-corrected chi connectivity index (χ1v) is 6.26. The van der Waals surface area contributed by atoms with E-state index in [4.69, 9.17) is 5.73 Å². The zero-order chi connectivity index (χ0) is 12.8. The molecule has 1 aromatic carbocycles. The first-order chi connectivity index (χ1) is 8.08. The molecule has 1 unspecified atom stereocenters. The van der Waals surface area contributed by atoms with Gasteiger partial charge in [0.05, 0.1) is 0 Å². The molecule has 0 amide bonds. The standard InChI is InChI=1S/C14H23FN2/c1-4-5-11(2)17(3)10-13-8-14(15)7-6-12(13)9-16/h6-8,11H,4-5,9-10,16H2,1-3H3. The van der Waals surface area contributed by atoms with Crippen molar-refractivity contribution >= 4 is 0 Å². The molecule has 2 nitrogen and oxygen atoms in total. The van der Waals surface area contributed by atoms with Crippen molar-refractivity contribution in [1.29, 1.82) is 0 Å². The van der Waals surface area contributed by atoms with Crippen LogP contribution < -0.4 is 5.73 Å². The van der Waals surface area contributed by atoms with Gasteiger partial charge in [0.1, 0.15) is 5.82 Å². The highest BCUT2D eigenvalue weighted by atomic mass is 19.1. The molecule has 3 heteroatoms. The molecule has 0 spiro atoms. The number of hydrogen-bond donors (Lipinski definition) is 1. The SMILES string of the molecule is CCCC(C)N(C)Cc1cc(F)ccc1CN. The lowest BCUT2D eigenvalue weighted by Gasteiger charge is -2.25. The number of halogens is 1. The molecule has 1 aromatic rings. The fraction of sp³-hybridized carbons (Fsp3) is 0.571. The lowest BCUT2D eigenvalue weighted by atomic mass is 10.1. The first kappa shape index (κ1) is 14.1. The fourth-order valence-electron chi connectivity index (χ4n) is 2.00. The van der Waals surface area contributed by atoms with Crippen LogP contribution in [0, 0.1) is 5.82 Å². The van der Waals surface area contributed by atoms with Crippen molar-refractivity contribution in [3.8, 4) is 0 Å². The zero-order valence-corrected chi connectivity index (χ0v) is 11.0. The predicted octanol–water partition coefficient (Wildman–Crippen LogP) is 2.90. The smallest absolute Gasteiger partial charge is 0.123 e. The Balaban J connectivity index is 2.76. The molecule has 0 saturated heterocycles. The van der Waals surface area contributed by atoms with Gasteiger partial charge in [-0.25, -0.2) is 4.39 Å². The van der Waals surface area contributed by atoms with E-state index in [2.05, 4.69) is 25.8 Å². The summed E-state index contributed by atoms with van der Waals surface area (Å²) < 4.78 is 13.2. The normalized spacial score (nSPS) is 13.1. The van der Waals surface area contributed by atoms with Gasteiger partial charge < -0.3 is 5.73 Å². The van der Waals surface area contributed by atoms with Gasteiger partial charge in [0.2, 0.25) is 0 Å². The second kappa shape index (κ2) is 6.72. The summed E-state index contributed by atoms with van der Waals surface area (Å²) in [4.78, 5) is 2.25. The van der Waals surface area contributed by atoms with Gasteiger partial charge in [0.15, 0.2) is 0 Å². The molecule has 2 N–H and O–H groups in total. The van der Waals surface area contributed by atoms with Crippen LogP contribution in [0.15, 0.2) is 18.2 Å². The maximum absolute atomic E-state index is 13.2. The summed E-state index contributed by atoms with van der Waals surface area (Å²) >= 11 is 0. The van der Waals surface area contributed by atoms with Gasteiger partial charge in [-0.2, -0.15) is 0 Å². The maximum Gasteiger partial charge on any atom is 0.123 e. The average molecular weight is 238 g/mol. The Labute approximate surface area is 104 Å². The summed E-state index contributed by atoms with van der Waals surface area (Å²) in [7, 11) is 2.07. The number of nitrogens with zero attached hydrogens (tertiary/aromatic N) is 1. The largest absolute Gasteiger partial charge is 0.326 e. The highest BCUT2D eigenvalue weighted by molar-refractivity contribution is 5.27. The summed E-state index contributed by atoms with van der Waals surface area (Å²) in [5.74, 6) is -0.186. The summed E-state index contributed by atoms with van der Waals surface area (Å²) in [6.45, 7) is 5.60. The van der Waals surface area contributed by atoms with E-state index >= 15 is 0 Å². The lowest BCUT2D eigenvalue weighted by molar-refractivity contribution is 0.236. The molecule has 17 heavy (non-hydrogen) atoms. The zero-order valence-electron chi connectivity index (χ0n) is 11.0. The van der Waals surface area contributed by atoms with Gasteiger partial charge in [-0.1, -0.05) is 19.4 Å². The summed E-state index contributed by atoms with van der Waals surface area (Å²) in [5, 5.41) is 0. The Morgan fingerprint density at radius 1 is 1.35 bits per heavy atom. The van der Waals surface area contributed by atoms with Crippen LogP contribution in [0.3, 0.4) is 0 Å². The Hall–Kier alpha value is -0.930. The minimum Gasteiger partial charge on any atom is -0.326 e. The van der Waals surface area contributed by atoms with Crippen molar-refractivity contribution in [3.63, 3.8) is 0 Å². The van der Waals surface area contributed by atoms with Crippen LogP contribution in [-0.2, 0) is 13.1 Å². The molecule has 0 aromatic heterocycles. The highest BCUT2D eigenvalue weighted by Crippen LogP contribution is 2.15. The van der Waals surface area contributed by atoms with Gasteiger partial charge in [-0.15, -0.1) is 0 Å². The van der Waals surface area contributed by atoms with E-state index < -0.39 is 0 Å². The molecule has 96 valence electrons. The van der Waals surface area contributed by atoms with Crippen molar-refractivity contribution in [2.45, 2.75) is 45.8 Å². The number of hydrogen-bond acceptors (Lipinski definition) is 2. The third-order valence-corrected chi connectivity index (χ3v) is 3.27. The molecule has 0 aliphatic rings. The van der Waals surface area contributed by atoms with E-state index in [-0.39, 0.29) is 5.82 Å². The van der Waals surface area contributed by atoms with Crippen LogP contribution >= 0.6 is 0 Å². The van der Waals surface area contributed by atoms with Crippen molar-refractivity contribution in [2.75, 3.05) is 7.05 Å². The monoisotopic (exact) mass is 238 g/mol. The van der Waals surface area contributed by atoms with E-state index in [1.165, 1.54) is 12.5 Å². The molecule has 1 atom stereocenters. The van der Waals surface area contributed by atoms with Gasteiger partial charge >= 0.3 is 0 Å². The Kier molecular flexibility index (Phi) is 5.59. The van der Waals surface area contributed by atoms with Gasteiger partial charge in [0.25, 0.3) is 0 Å². The number of rotatable bonds is 6. The molecule has 1 rings (SSSR count). The van der Waals surface area contributed by atoms with Crippen LogP contribution in [0.25, 0.3) is 0 Å². The van der Waals surface area contributed by atoms with E-state index in [0.717, 1.165) is 24.1 Å². The van der Waals surface area contributed by atoms with Crippen LogP contribution in [0.4, 0.5) is 4.39 Å². The summed E-state index contributed by atoms with van der Waals surface area (Å²) in [6, 6.07) is 5.36. The quantitative estimate of drug-likeness (QED) is 0.825. The molecule has 0 saturated carbocycles. The molecule has 0 heterocycles. The van der Waals surface area contributed by atoms with Gasteiger partial charge in [0, 0.05) is 19.1 Å². The lowest BCUT2D eigenvalue weighted by Crippen LogP contribution is -2.29. The van der Waals surface area contributed by atoms with Crippen molar-refractivity contribution in [3.05, 3.63) is 35.1 Å². The van der Waals surface area contributed by atoms with Crippen LogP contribution in [0.5, 0.6) is 0 Å².